The standard InChI is InChI=1S/C14H30N2O/c1-6-7-11(2)15-8-12(3)16-9-14(5)17-10-13(16)4/h11-15H,6-10H2,1-5H3. The molecule has 1 aliphatic heterocycles. The van der Waals surface area contributed by atoms with Crippen LogP contribution in [0.5, 0.6) is 0 Å². The summed E-state index contributed by atoms with van der Waals surface area (Å²) in [5, 5.41) is 3.63. The maximum Gasteiger partial charge on any atom is 0.0674 e. The van der Waals surface area contributed by atoms with Crippen molar-refractivity contribution in [2.75, 3.05) is 19.7 Å². The van der Waals surface area contributed by atoms with E-state index in [4.69, 9.17) is 4.74 Å². The van der Waals surface area contributed by atoms with Crippen molar-refractivity contribution in [3.05, 3.63) is 0 Å². The number of nitrogens with one attached hydrogen (secondary N) is 1. The van der Waals surface area contributed by atoms with Crippen molar-refractivity contribution in [1.82, 2.24) is 10.2 Å². The third kappa shape index (κ3) is 4.94. The van der Waals surface area contributed by atoms with Crippen molar-refractivity contribution < 1.29 is 4.74 Å². The predicted octanol–water partition coefficient (Wildman–Crippen LogP) is 2.26. The fraction of sp³-hybridized carbons (Fsp3) is 1.00. The van der Waals surface area contributed by atoms with Crippen LogP contribution < -0.4 is 5.32 Å². The maximum atomic E-state index is 5.67. The zero-order chi connectivity index (χ0) is 12.8. The fourth-order valence-electron chi connectivity index (χ4n) is 2.57. The largest absolute Gasteiger partial charge is 0.376 e. The first-order valence-electron chi connectivity index (χ1n) is 7.15. The lowest BCUT2D eigenvalue weighted by atomic mass is 10.1. The van der Waals surface area contributed by atoms with E-state index in [2.05, 4.69) is 44.8 Å². The van der Waals surface area contributed by atoms with E-state index in [0.717, 1.165) is 19.7 Å². The molecule has 0 aliphatic carbocycles. The van der Waals surface area contributed by atoms with Crippen molar-refractivity contribution in [1.29, 1.82) is 0 Å². The summed E-state index contributed by atoms with van der Waals surface area (Å²) >= 11 is 0. The minimum atomic E-state index is 0.377. The minimum Gasteiger partial charge on any atom is -0.376 e. The van der Waals surface area contributed by atoms with Crippen LogP contribution >= 0.6 is 0 Å². The van der Waals surface area contributed by atoms with Crippen LogP contribution in [0.1, 0.15) is 47.5 Å². The van der Waals surface area contributed by atoms with E-state index in [1.165, 1.54) is 12.8 Å². The van der Waals surface area contributed by atoms with Crippen LogP contribution in [0.4, 0.5) is 0 Å². The second kappa shape index (κ2) is 7.34. The first-order chi connectivity index (χ1) is 8.04. The first kappa shape index (κ1) is 14.9. The van der Waals surface area contributed by atoms with Gasteiger partial charge in [0.25, 0.3) is 0 Å². The monoisotopic (exact) mass is 242 g/mol. The van der Waals surface area contributed by atoms with Gasteiger partial charge >= 0.3 is 0 Å². The van der Waals surface area contributed by atoms with Crippen LogP contribution in [0.3, 0.4) is 0 Å². The Morgan fingerprint density at radius 1 is 1.35 bits per heavy atom. The fourth-order valence-corrected chi connectivity index (χ4v) is 2.57. The molecule has 0 aromatic heterocycles. The number of nitrogens with zero attached hydrogens (tertiary/aromatic N) is 1. The van der Waals surface area contributed by atoms with Crippen molar-refractivity contribution in [3.8, 4) is 0 Å². The van der Waals surface area contributed by atoms with Crippen LogP contribution in [-0.2, 0) is 4.74 Å². The van der Waals surface area contributed by atoms with Crippen molar-refractivity contribution >= 4 is 0 Å². The zero-order valence-corrected chi connectivity index (χ0v) is 12.2. The topological polar surface area (TPSA) is 24.5 Å². The molecule has 3 nitrogen and oxygen atoms in total. The van der Waals surface area contributed by atoms with Gasteiger partial charge in [0.05, 0.1) is 12.7 Å². The Balaban J connectivity index is 2.32. The third-order valence-corrected chi connectivity index (χ3v) is 3.71. The normalized spacial score (nSPS) is 30.2. The van der Waals surface area contributed by atoms with Gasteiger partial charge in [-0.15, -0.1) is 0 Å². The van der Waals surface area contributed by atoms with Gasteiger partial charge in [0.1, 0.15) is 0 Å². The Bertz CT molecular complexity index is 210. The highest BCUT2D eigenvalue weighted by Crippen LogP contribution is 2.14. The molecule has 0 radical (unpaired) electrons. The van der Waals surface area contributed by atoms with E-state index in [0.29, 0.717) is 24.2 Å². The summed E-state index contributed by atoms with van der Waals surface area (Å²) in [5.41, 5.74) is 0. The van der Waals surface area contributed by atoms with Crippen molar-refractivity contribution in [2.24, 2.45) is 0 Å². The zero-order valence-electron chi connectivity index (χ0n) is 12.2. The Kier molecular flexibility index (Phi) is 6.45. The Morgan fingerprint density at radius 3 is 2.71 bits per heavy atom. The summed E-state index contributed by atoms with van der Waals surface area (Å²) in [4.78, 5) is 2.57. The SMILES string of the molecule is CCCC(C)NCC(C)N1CC(C)OCC1C. The molecule has 1 heterocycles. The Morgan fingerprint density at radius 2 is 2.06 bits per heavy atom. The van der Waals surface area contributed by atoms with Crippen LogP contribution in [0.25, 0.3) is 0 Å². The first-order valence-corrected chi connectivity index (χ1v) is 7.15. The van der Waals surface area contributed by atoms with Gasteiger partial charge in [-0.05, 0) is 34.1 Å². The second-order valence-electron chi connectivity index (χ2n) is 5.64. The molecule has 0 aromatic carbocycles. The number of hydrogen-bond acceptors (Lipinski definition) is 3. The van der Waals surface area contributed by atoms with Gasteiger partial charge in [0.2, 0.25) is 0 Å². The summed E-state index contributed by atoms with van der Waals surface area (Å²) in [6.45, 7) is 14.3. The van der Waals surface area contributed by atoms with E-state index in [1.807, 2.05) is 0 Å². The molecule has 4 unspecified atom stereocenters. The molecule has 1 aliphatic rings. The van der Waals surface area contributed by atoms with Crippen molar-refractivity contribution in [3.63, 3.8) is 0 Å². The van der Waals surface area contributed by atoms with Gasteiger partial charge in [0.15, 0.2) is 0 Å². The van der Waals surface area contributed by atoms with Gasteiger partial charge in [-0.2, -0.15) is 0 Å². The van der Waals surface area contributed by atoms with E-state index in [1.54, 1.807) is 0 Å². The third-order valence-electron chi connectivity index (χ3n) is 3.71. The predicted molar refractivity (Wildman–Crippen MR) is 73.4 cm³/mol. The number of ether oxygens (including phenoxy) is 1. The van der Waals surface area contributed by atoms with Crippen LogP contribution in [0, 0.1) is 0 Å². The van der Waals surface area contributed by atoms with Gasteiger partial charge in [-0.3, -0.25) is 4.90 Å². The Labute approximate surface area is 107 Å². The molecule has 3 heteroatoms. The van der Waals surface area contributed by atoms with Crippen LogP contribution in [0.2, 0.25) is 0 Å². The van der Waals surface area contributed by atoms with E-state index < -0.39 is 0 Å². The second-order valence-corrected chi connectivity index (χ2v) is 5.64. The average molecular weight is 242 g/mol. The number of morpholine rings is 1. The molecule has 0 amide bonds. The molecule has 0 bridgehead atoms. The van der Waals surface area contributed by atoms with Crippen LogP contribution in [-0.4, -0.2) is 48.8 Å². The highest BCUT2D eigenvalue weighted by Gasteiger charge is 2.27. The molecule has 1 rings (SSSR count). The van der Waals surface area contributed by atoms with Gasteiger partial charge in [-0.25, -0.2) is 0 Å². The van der Waals surface area contributed by atoms with Crippen molar-refractivity contribution in [2.45, 2.75) is 71.7 Å². The molecular formula is C14H30N2O. The average Bonchev–Trinajstić information content (AvgIpc) is 2.29. The summed E-state index contributed by atoms with van der Waals surface area (Å²) in [5.74, 6) is 0. The molecule has 0 saturated carbocycles. The summed E-state index contributed by atoms with van der Waals surface area (Å²) in [6.07, 6.45) is 2.90. The molecule has 0 spiro atoms. The van der Waals surface area contributed by atoms with Gasteiger partial charge < -0.3 is 10.1 Å². The smallest absolute Gasteiger partial charge is 0.0674 e. The highest BCUT2D eigenvalue weighted by molar-refractivity contribution is 4.81. The molecule has 17 heavy (non-hydrogen) atoms. The molecule has 1 N–H and O–H groups in total. The molecule has 1 saturated heterocycles. The molecular weight excluding hydrogens is 212 g/mol. The molecule has 0 aromatic rings. The maximum absolute atomic E-state index is 5.67. The lowest BCUT2D eigenvalue weighted by Gasteiger charge is -2.41. The minimum absolute atomic E-state index is 0.377. The summed E-state index contributed by atoms with van der Waals surface area (Å²) in [6, 6.07) is 1.77. The Hall–Kier alpha value is -0.120. The van der Waals surface area contributed by atoms with Gasteiger partial charge in [0, 0.05) is 31.2 Å². The molecule has 4 atom stereocenters. The quantitative estimate of drug-likeness (QED) is 0.773. The van der Waals surface area contributed by atoms with E-state index in [9.17, 15) is 0 Å². The van der Waals surface area contributed by atoms with E-state index >= 15 is 0 Å². The summed E-state index contributed by atoms with van der Waals surface area (Å²) < 4.78 is 5.67. The molecule has 102 valence electrons. The summed E-state index contributed by atoms with van der Waals surface area (Å²) in [7, 11) is 0. The number of rotatable bonds is 6. The van der Waals surface area contributed by atoms with Crippen LogP contribution in [0.15, 0.2) is 0 Å². The lowest BCUT2D eigenvalue weighted by molar-refractivity contribution is -0.0631. The molecule has 1 fully saturated rings. The van der Waals surface area contributed by atoms with E-state index in [-0.39, 0.29) is 0 Å². The number of hydrogen-bond donors (Lipinski definition) is 1. The lowest BCUT2D eigenvalue weighted by Crippen LogP contribution is -2.54. The highest BCUT2D eigenvalue weighted by atomic mass is 16.5. The van der Waals surface area contributed by atoms with Gasteiger partial charge in [-0.1, -0.05) is 13.3 Å².